The molecule has 6 heteroatoms. The van der Waals surface area contributed by atoms with Crippen LogP contribution in [0.2, 0.25) is 0 Å². The Morgan fingerprint density at radius 1 is 1.50 bits per heavy atom. The normalized spacial score (nSPS) is 10.9. The quantitative estimate of drug-likeness (QED) is 0.603. The van der Waals surface area contributed by atoms with Crippen LogP contribution in [-0.2, 0) is 21.1 Å². The maximum Gasteiger partial charge on any atom is 0.347 e. The zero-order valence-electron chi connectivity index (χ0n) is 7.68. The second-order valence-corrected chi connectivity index (χ2v) is 3.81. The van der Waals surface area contributed by atoms with Gasteiger partial charge in [0.2, 0.25) is 0 Å². The first-order chi connectivity index (χ1) is 5.95. The second-order valence-electron chi connectivity index (χ2n) is 2.57. The molecule has 0 aliphatic carbocycles. The van der Waals surface area contributed by atoms with E-state index in [1.165, 1.54) is 13.1 Å². The Labute approximate surface area is 99.0 Å². The van der Waals surface area contributed by atoms with Crippen molar-refractivity contribution in [3.05, 3.63) is 22.0 Å². The van der Waals surface area contributed by atoms with Gasteiger partial charge in [0.1, 0.15) is 0 Å². The van der Waals surface area contributed by atoms with Crippen LogP contribution in [0.15, 0.2) is 6.20 Å². The number of hydrogen-bond acceptors (Lipinski definition) is 2. The topological polar surface area (TPSA) is 12.9 Å². The van der Waals surface area contributed by atoms with Crippen molar-refractivity contribution in [3.63, 3.8) is 0 Å². The third-order valence-corrected chi connectivity index (χ3v) is 2.59. The van der Waals surface area contributed by atoms with E-state index in [1.54, 1.807) is 6.92 Å². The number of aryl methyl sites for hydroxylation is 1. The van der Waals surface area contributed by atoms with Crippen molar-refractivity contribution in [3.8, 4) is 0 Å². The minimum absolute atomic E-state index is 0. The van der Waals surface area contributed by atoms with Crippen molar-refractivity contribution in [1.29, 1.82) is 0 Å². The van der Waals surface area contributed by atoms with Crippen molar-refractivity contribution < 1.29 is 34.2 Å². The summed E-state index contributed by atoms with van der Waals surface area (Å²) in [5.41, 5.74) is 0. The molecular weight excluding hydrogens is 295 g/mol. The van der Waals surface area contributed by atoms with E-state index < -0.39 is 12.1 Å². The molecule has 1 nitrogen and oxygen atoms in total. The van der Waals surface area contributed by atoms with Crippen LogP contribution >= 0.6 is 11.3 Å². The predicted octanol–water partition coefficient (Wildman–Crippen LogP) is 3.34. The first kappa shape index (κ1) is 14.0. The Kier molecular flexibility index (Phi) is 5.16. The molecule has 0 saturated carbocycles. The van der Waals surface area contributed by atoms with Crippen molar-refractivity contribution in [2.75, 3.05) is 0 Å². The summed E-state index contributed by atoms with van der Waals surface area (Å²) in [5, 5.41) is 0.658. The number of rotatable bonds is 2. The van der Waals surface area contributed by atoms with Gasteiger partial charge in [0.05, 0.1) is 5.01 Å². The summed E-state index contributed by atoms with van der Waals surface area (Å²) in [6, 6.07) is 0. The number of alkyl halides is 3. The number of halogens is 3. The molecule has 0 saturated heterocycles. The van der Waals surface area contributed by atoms with E-state index in [0.717, 1.165) is 11.3 Å². The van der Waals surface area contributed by atoms with Crippen LogP contribution < -0.4 is 0 Å². The average Bonchev–Trinajstić information content (AvgIpc) is 2.34. The van der Waals surface area contributed by atoms with Gasteiger partial charge in [-0.05, 0) is 6.92 Å². The van der Waals surface area contributed by atoms with Gasteiger partial charge < -0.3 is 4.98 Å². The van der Waals surface area contributed by atoms with E-state index >= 15 is 0 Å². The van der Waals surface area contributed by atoms with Gasteiger partial charge in [0, 0.05) is 21.1 Å². The average molecular weight is 304 g/mol. The number of thiazole rings is 1. The van der Waals surface area contributed by atoms with Crippen LogP contribution in [0.25, 0.3) is 0 Å². The van der Waals surface area contributed by atoms with Crippen molar-refractivity contribution in [2.45, 2.75) is 26.4 Å². The van der Waals surface area contributed by atoms with E-state index in [2.05, 4.69) is 4.98 Å². The predicted molar refractivity (Wildman–Crippen MR) is 45.5 cm³/mol. The van der Waals surface area contributed by atoms with Crippen LogP contribution in [0.3, 0.4) is 0 Å². The molecular formula is C8H9F3MoNS-. The monoisotopic (exact) mass is 306 g/mol. The summed E-state index contributed by atoms with van der Waals surface area (Å²) < 4.78 is 37.1. The van der Waals surface area contributed by atoms with E-state index in [1.807, 2.05) is 0 Å². The molecule has 0 unspecified atom stereocenters. The fraction of sp³-hybridized carbons (Fsp3) is 0.500. The Hall–Kier alpha value is -0.0217. The zero-order valence-corrected chi connectivity index (χ0v) is 10.5. The number of hydrogen-bond donors (Lipinski definition) is 0. The van der Waals surface area contributed by atoms with Gasteiger partial charge in [-0.15, -0.1) is 11.1 Å². The molecule has 1 aromatic heterocycles. The van der Waals surface area contributed by atoms with E-state index in [9.17, 15) is 13.2 Å². The van der Waals surface area contributed by atoms with Gasteiger partial charge >= 0.3 is 6.18 Å². The molecule has 0 amide bonds. The molecule has 1 rings (SSSR count). The summed E-state index contributed by atoms with van der Waals surface area (Å²) in [5.74, 6) is -0.488. The van der Waals surface area contributed by atoms with Gasteiger partial charge in [-0.3, -0.25) is 0 Å². The minimum atomic E-state index is -4.23. The Bertz CT molecular complexity index is 284. The second kappa shape index (κ2) is 5.17. The van der Waals surface area contributed by atoms with Gasteiger partial charge in [-0.1, -0.05) is 19.3 Å². The first-order valence-corrected chi connectivity index (χ1v) is 4.62. The zero-order chi connectivity index (χ0) is 10.1. The van der Waals surface area contributed by atoms with Crippen LogP contribution in [0.1, 0.15) is 23.2 Å². The SMILES string of the molecule is CC[C-](c1cnc(C)s1)C(F)(F)F.[Mo]. The molecule has 0 fully saturated rings. The van der Waals surface area contributed by atoms with E-state index in [0.29, 0.717) is 5.01 Å². The van der Waals surface area contributed by atoms with Gasteiger partial charge in [-0.2, -0.15) is 24.5 Å². The molecule has 0 radical (unpaired) electrons. The number of aromatic nitrogens is 1. The molecule has 0 N–H and O–H groups in total. The molecule has 1 heterocycles. The molecule has 80 valence electrons. The van der Waals surface area contributed by atoms with Gasteiger partial charge in [0.25, 0.3) is 0 Å². The summed E-state index contributed by atoms with van der Waals surface area (Å²) in [7, 11) is 0. The smallest absolute Gasteiger partial charge is 0.345 e. The first-order valence-electron chi connectivity index (χ1n) is 3.81. The van der Waals surface area contributed by atoms with E-state index in [-0.39, 0.29) is 32.4 Å². The molecule has 0 bridgehead atoms. The minimum Gasteiger partial charge on any atom is -0.345 e. The third kappa shape index (κ3) is 3.28. The van der Waals surface area contributed by atoms with Crippen LogP contribution in [0.4, 0.5) is 13.2 Å². The van der Waals surface area contributed by atoms with Crippen molar-refractivity contribution >= 4 is 11.3 Å². The Balaban J connectivity index is 0.00000169. The Morgan fingerprint density at radius 2 is 2.07 bits per heavy atom. The fourth-order valence-electron chi connectivity index (χ4n) is 1.02. The summed E-state index contributed by atoms with van der Waals surface area (Å²) in [6.45, 7) is 3.19. The van der Waals surface area contributed by atoms with Gasteiger partial charge in [0.15, 0.2) is 0 Å². The maximum absolute atomic E-state index is 12.4. The molecule has 0 aliphatic heterocycles. The van der Waals surface area contributed by atoms with Crippen LogP contribution in [-0.4, -0.2) is 11.2 Å². The maximum atomic E-state index is 12.4. The molecule has 0 aromatic carbocycles. The van der Waals surface area contributed by atoms with Crippen LogP contribution in [0.5, 0.6) is 0 Å². The fourth-order valence-corrected chi connectivity index (χ4v) is 1.93. The number of nitrogens with zero attached hydrogens (tertiary/aromatic N) is 1. The third-order valence-electron chi connectivity index (χ3n) is 1.61. The van der Waals surface area contributed by atoms with Crippen LogP contribution in [0, 0.1) is 12.8 Å². The summed E-state index contributed by atoms with van der Waals surface area (Å²) in [6.07, 6.45) is -2.95. The molecule has 0 spiro atoms. The molecule has 0 atom stereocenters. The molecule has 0 aliphatic rings. The summed E-state index contributed by atoms with van der Waals surface area (Å²) >= 11 is 1.08. The largest absolute Gasteiger partial charge is 0.347 e. The summed E-state index contributed by atoms with van der Waals surface area (Å²) in [4.78, 5) is 4.03. The standard InChI is InChI=1S/C8H9F3NS.Mo/c1-3-6(8(9,10)11)7-4-12-5(2)13-7;/h4H,3H2,1-2H3;/q-1;. The van der Waals surface area contributed by atoms with Crippen molar-refractivity contribution in [2.24, 2.45) is 0 Å². The Morgan fingerprint density at radius 3 is 2.36 bits per heavy atom. The molecule has 14 heavy (non-hydrogen) atoms. The van der Waals surface area contributed by atoms with Crippen molar-refractivity contribution in [1.82, 2.24) is 4.98 Å². The van der Waals surface area contributed by atoms with Gasteiger partial charge in [-0.25, -0.2) is 0 Å². The van der Waals surface area contributed by atoms with E-state index in [4.69, 9.17) is 0 Å². The molecule has 1 aromatic rings.